The highest BCUT2D eigenvalue weighted by Gasteiger charge is 2.21. The zero-order valence-corrected chi connectivity index (χ0v) is 11.4. The van der Waals surface area contributed by atoms with Crippen LogP contribution in [0.15, 0.2) is 24.3 Å². The fraction of sp³-hybridized carbons (Fsp3) is 0.625. The van der Waals surface area contributed by atoms with Crippen LogP contribution in [0, 0.1) is 5.92 Å². The summed E-state index contributed by atoms with van der Waals surface area (Å²) in [7, 11) is 0. The number of rotatable bonds is 4. The molecule has 2 aliphatic rings. The van der Waals surface area contributed by atoms with Gasteiger partial charge in [0.15, 0.2) is 0 Å². The Hall–Kier alpha value is -1.06. The molecule has 3 rings (SSSR count). The smallest absolute Gasteiger partial charge is 0.122 e. The Morgan fingerprint density at radius 3 is 2.74 bits per heavy atom. The summed E-state index contributed by atoms with van der Waals surface area (Å²) in [6.45, 7) is 4.92. The van der Waals surface area contributed by atoms with Gasteiger partial charge in [-0.1, -0.05) is 18.2 Å². The standard InChI is InChI=1S/C16H23NO2/c1-2-4-16-15(3-1)14(7-10-19-16)12-17-11-13-5-8-18-9-6-13/h1-4,13-14,17H,5-12H2. The van der Waals surface area contributed by atoms with Crippen molar-refractivity contribution in [1.82, 2.24) is 5.32 Å². The maximum atomic E-state index is 5.71. The monoisotopic (exact) mass is 261 g/mol. The van der Waals surface area contributed by atoms with Gasteiger partial charge in [0.05, 0.1) is 6.61 Å². The fourth-order valence-electron chi connectivity index (χ4n) is 3.04. The first-order chi connectivity index (χ1) is 9.43. The van der Waals surface area contributed by atoms with Crippen molar-refractivity contribution < 1.29 is 9.47 Å². The lowest BCUT2D eigenvalue weighted by Gasteiger charge is -2.27. The van der Waals surface area contributed by atoms with Crippen LogP contribution in [0.5, 0.6) is 5.75 Å². The number of ether oxygens (including phenoxy) is 2. The Morgan fingerprint density at radius 1 is 1.00 bits per heavy atom. The summed E-state index contributed by atoms with van der Waals surface area (Å²) in [5.41, 5.74) is 1.37. The van der Waals surface area contributed by atoms with Crippen molar-refractivity contribution in [3.63, 3.8) is 0 Å². The molecule has 1 aromatic rings. The Bertz CT molecular complexity index is 401. The largest absolute Gasteiger partial charge is 0.493 e. The molecule has 0 aromatic heterocycles. The Balaban J connectivity index is 1.50. The minimum Gasteiger partial charge on any atom is -0.493 e. The first-order valence-corrected chi connectivity index (χ1v) is 7.43. The van der Waals surface area contributed by atoms with Crippen LogP contribution in [0.2, 0.25) is 0 Å². The van der Waals surface area contributed by atoms with Crippen LogP contribution < -0.4 is 10.1 Å². The van der Waals surface area contributed by atoms with Crippen molar-refractivity contribution in [2.75, 3.05) is 32.9 Å². The van der Waals surface area contributed by atoms with Crippen LogP contribution in [0.4, 0.5) is 0 Å². The molecule has 0 aliphatic carbocycles. The molecule has 1 saturated heterocycles. The summed E-state index contributed by atoms with van der Waals surface area (Å²) >= 11 is 0. The van der Waals surface area contributed by atoms with E-state index in [2.05, 4.69) is 29.6 Å². The summed E-state index contributed by atoms with van der Waals surface area (Å²) in [5, 5.41) is 3.65. The van der Waals surface area contributed by atoms with E-state index in [-0.39, 0.29) is 0 Å². The van der Waals surface area contributed by atoms with E-state index in [1.165, 1.54) is 18.4 Å². The molecule has 0 bridgehead atoms. The maximum Gasteiger partial charge on any atom is 0.122 e. The van der Waals surface area contributed by atoms with Gasteiger partial charge in [-0.2, -0.15) is 0 Å². The summed E-state index contributed by atoms with van der Waals surface area (Å²) in [6.07, 6.45) is 3.53. The van der Waals surface area contributed by atoms with Crippen molar-refractivity contribution >= 4 is 0 Å². The van der Waals surface area contributed by atoms with E-state index in [0.29, 0.717) is 5.92 Å². The van der Waals surface area contributed by atoms with Gasteiger partial charge in [-0.15, -0.1) is 0 Å². The second kappa shape index (κ2) is 6.40. The summed E-state index contributed by atoms with van der Waals surface area (Å²) < 4.78 is 11.1. The SMILES string of the molecule is c1ccc2c(c1)OCCC2CNCC1CCOCC1. The third-order valence-corrected chi connectivity index (χ3v) is 4.25. The van der Waals surface area contributed by atoms with Gasteiger partial charge >= 0.3 is 0 Å². The highest BCUT2D eigenvalue weighted by molar-refractivity contribution is 5.37. The molecule has 0 amide bonds. The molecule has 2 heterocycles. The van der Waals surface area contributed by atoms with Gasteiger partial charge in [-0.25, -0.2) is 0 Å². The molecule has 1 N–H and O–H groups in total. The van der Waals surface area contributed by atoms with Crippen molar-refractivity contribution in [1.29, 1.82) is 0 Å². The molecular formula is C16H23NO2. The lowest BCUT2D eigenvalue weighted by molar-refractivity contribution is 0.0661. The lowest BCUT2D eigenvalue weighted by atomic mass is 9.92. The van der Waals surface area contributed by atoms with Gasteiger partial charge in [0, 0.05) is 25.7 Å². The van der Waals surface area contributed by atoms with E-state index in [1.54, 1.807) is 0 Å². The zero-order valence-electron chi connectivity index (χ0n) is 11.4. The van der Waals surface area contributed by atoms with Crippen molar-refractivity contribution in [3.8, 4) is 5.75 Å². The Labute approximate surface area is 115 Å². The van der Waals surface area contributed by atoms with Gasteiger partial charge in [0.2, 0.25) is 0 Å². The molecule has 0 spiro atoms. The number of fused-ring (bicyclic) bond motifs is 1. The normalized spacial score (nSPS) is 23.7. The number of nitrogens with one attached hydrogen (secondary N) is 1. The molecule has 3 heteroatoms. The average Bonchev–Trinajstić information content (AvgIpc) is 2.49. The van der Waals surface area contributed by atoms with Gasteiger partial charge in [0.1, 0.15) is 5.75 Å². The number of hydrogen-bond acceptors (Lipinski definition) is 3. The number of para-hydroxylation sites is 1. The first kappa shape index (κ1) is 12.9. The topological polar surface area (TPSA) is 30.5 Å². The number of hydrogen-bond donors (Lipinski definition) is 1. The van der Waals surface area contributed by atoms with E-state index in [1.807, 2.05) is 0 Å². The summed E-state index contributed by atoms with van der Waals surface area (Å²) in [4.78, 5) is 0. The molecule has 3 nitrogen and oxygen atoms in total. The van der Waals surface area contributed by atoms with Crippen LogP contribution in [0.3, 0.4) is 0 Å². The van der Waals surface area contributed by atoms with Gasteiger partial charge in [0.25, 0.3) is 0 Å². The zero-order chi connectivity index (χ0) is 12.9. The van der Waals surface area contributed by atoms with Gasteiger partial charge < -0.3 is 14.8 Å². The predicted octanol–water partition coefficient (Wildman–Crippen LogP) is 2.57. The molecule has 19 heavy (non-hydrogen) atoms. The molecule has 1 aromatic carbocycles. The van der Waals surface area contributed by atoms with E-state index in [9.17, 15) is 0 Å². The van der Waals surface area contributed by atoms with Gasteiger partial charge in [-0.05, 0) is 43.4 Å². The summed E-state index contributed by atoms with van der Waals surface area (Å²) in [5.74, 6) is 2.47. The van der Waals surface area contributed by atoms with Crippen LogP contribution >= 0.6 is 0 Å². The molecule has 0 saturated carbocycles. The average molecular weight is 261 g/mol. The second-order valence-corrected chi connectivity index (χ2v) is 5.59. The highest BCUT2D eigenvalue weighted by atomic mass is 16.5. The second-order valence-electron chi connectivity index (χ2n) is 5.59. The van der Waals surface area contributed by atoms with Crippen molar-refractivity contribution in [2.24, 2.45) is 5.92 Å². The maximum absolute atomic E-state index is 5.71. The highest BCUT2D eigenvalue weighted by Crippen LogP contribution is 2.32. The number of benzene rings is 1. The molecular weight excluding hydrogens is 238 g/mol. The van der Waals surface area contributed by atoms with E-state index in [0.717, 1.165) is 51.0 Å². The molecule has 1 atom stereocenters. The molecule has 1 fully saturated rings. The molecule has 104 valence electrons. The van der Waals surface area contributed by atoms with Crippen LogP contribution in [0.25, 0.3) is 0 Å². The molecule has 0 radical (unpaired) electrons. The van der Waals surface area contributed by atoms with E-state index in [4.69, 9.17) is 9.47 Å². The first-order valence-electron chi connectivity index (χ1n) is 7.43. The Morgan fingerprint density at radius 2 is 1.84 bits per heavy atom. The summed E-state index contributed by atoms with van der Waals surface area (Å²) in [6, 6.07) is 8.45. The van der Waals surface area contributed by atoms with Crippen molar-refractivity contribution in [2.45, 2.75) is 25.2 Å². The van der Waals surface area contributed by atoms with Crippen LogP contribution in [-0.4, -0.2) is 32.9 Å². The molecule has 2 aliphatic heterocycles. The predicted molar refractivity (Wildman–Crippen MR) is 75.7 cm³/mol. The Kier molecular flexibility index (Phi) is 4.36. The van der Waals surface area contributed by atoms with Gasteiger partial charge in [-0.3, -0.25) is 0 Å². The van der Waals surface area contributed by atoms with E-state index < -0.39 is 0 Å². The minimum atomic E-state index is 0.602. The van der Waals surface area contributed by atoms with Crippen molar-refractivity contribution in [3.05, 3.63) is 29.8 Å². The van der Waals surface area contributed by atoms with Crippen LogP contribution in [0.1, 0.15) is 30.7 Å². The quantitative estimate of drug-likeness (QED) is 0.903. The third-order valence-electron chi connectivity index (χ3n) is 4.25. The lowest BCUT2D eigenvalue weighted by Crippen LogP contribution is -2.32. The minimum absolute atomic E-state index is 0.602. The third kappa shape index (κ3) is 3.28. The molecule has 1 unspecified atom stereocenters. The van der Waals surface area contributed by atoms with E-state index >= 15 is 0 Å². The fourth-order valence-corrected chi connectivity index (χ4v) is 3.04. The van der Waals surface area contributed by atoms with Crippen LogP contribution in [-0.2, 0) is 4.74 Å².